The number of nitrogens with zero attached hydrogens (tertiary/aromatic N) is 3. The second kappa shape index (κ2) is 11.1. The van der Waals surface area contributed by atoms with Crippen LogP contribution in [0, 0.1) is 24.7 Å². The Labute approximate surface area is 173 Å². The van der Waals surface area contributed by atoms with Crippen molar-refractivity contribution >= 4 is 11.8 Å². The van der Waals surface area contributed by atoms with Gasteiger partial charge in [-0.1, -0.05) is 79.2 Å². The summed E-state index contributed by atoms with van der Waals surface area (Å²) in [6.07, 6.45) is 12.9. The number of aryl methyl sites for hydroxylation is 2. The summed E-state index contributed by atoms with van der Waals surface area (Å²) in [6.45, 7) is 16.2. The molecule has 0 spiro atoms. The van der Waals surface area contributed by atoms with E-state index in [1.165, 1.54) is 86.4 Å². The monoisotopic (exact) mass is 387 g/mol. The first-order valence-electron chi connectivity index (χ1n) is 11.9. The molecule has 0 saturated carbocycles. The fourth-order valence-corrected chi connectivity index (χ4v) is 4.55. The summed E-state index contributed by atoms with van der Waals surface area (Å²) in [5.74, 6) is 2.59. The third-order valence-corrected chi connectivity index (χ3v) is 6.97. The van der Waals surface area contributed by atoms with Gasteiger partial charge in [0.2, 0.25) is 0 Å². The molecule has 0 aromatic carbocycles. The van der Waals surface area contributed by atoms with Crippen LogP contribution in [0.25, 0.3) is 11.8 Å². The molecular weight excluding hydrogens is 342 g/mol. The van der Waals surface area contributed by atoms with Crippen LogP contribution in [0.1, 0.15) is 91.7 Å². The SMILES string of the molecule is CCCC.CCCCCC(C)C(C)C1CN(C2=c3c(c(C)nn3C)=CCC2)C1. The lowest BCUT2D eigenvalue weighted by atomic mass is 9.77. The second-order valence-electron chi connectivity index (χ2n) is 9.16. The van der Waals surface area contributed by atoms with Crippen LogP contribution in [0.5, 0.6) is 0 Å². The molecule has 0 amide bonds. The minimum absolute atomic E-state index is 0.849. The summed E-state index contributed by atoms with van der Waals surface area (Å²) in [5.41, 5.74) is 2.72. The van der Waals surface area contributed by atoms with E-state index in [2.05, 4.69) is 69.3 Å². The largest absolute Gasteiger partial charge is 0.372 e. The summed E-state index contributed by atoms with van der Waals surface area (Å²) in [4.78, 5) is 2.63. The molecule has 2 aliphatic rings. The van der Waals surface area contributed by atoms with Gasteiger partial charge in [-0.15, -0.1) is 0 Å². The average molecular weight is 388 g/mol. The van der Waals surface area contributed by atoms with E-state index in [0.29, 0.717) is 0 Å². The number of aromatic nitrogens is 2. The molecule has 3 rings (SSSR count). The molecule has 1 saturated heterocycles. The van der Waals surface area contributed by atoms with Crippen LogP contribution in [0.3, 0.4) is 0 Å². The molecule has 3 heteroatoms. The van der Waals surface area contributed by atoms with Crippen LogP contribution in [0.4, 0.5) is 0 Å². The lowest BCUT2D eigenvalue weighted by Gasteiger charge is -2.47. The van der Waals surface area contributed by atoms with Gasteiger partial charge < -0.3 is 4.90 Å². The van der Waals surface area contributed by atoms with Crippen LogP contribution in [0.2, 0.25) is 0 Å². The highest BCUT2D eigenvalue weighted by Gasteiger charge is 2.35. The highest BCUT2D eigenvalue weighted by molar-refractivity contribution is 5.50. The number of rotatable bonds is 8. The predicted octanol–water partition coefficient (Wildman–Crippen LogP) is 5.00. The van der Waals surface area contributed by atoms with E-state index >= 15 is 0 Å². The minimum atomic E-state index is 0.849. The van der Waals surface area contributed by atoms with E-state index in [0.717, 1.165) is 17.8 Å². The van der Waals surface area contributed by atoms with Gasteiger partial charge in [0.15, 0.2) is 0 Å². The average Bonchev–Trinajstić information content (AvgIpc) is 2.95. The van der Waals surface area contributed by atoms with E-state index in [1.54, 1.807) is 0 Å². The standard InChI is InChI=1S/C21H35N3.C4H10/c1-6-7-8-10-15(2)16(3)18-13-24(14-18)20-12-9-11-19-17(4)22-23(5)21(19)20;1-3-4-2/h11,15-16,18H,6-10,12-14H2,1-5H3;3-4H2,1-2H3. The van der Waals surface area contributed by atoms with Gasteiger partial charge in [-0.25, -0.2) is 0 Å². The summed E-state index contributed by atoms with van der Waals surface area (Å²) in [5, 5.41) is 7.40. The van der Waals surface area contributed by atoms with Gasteiger partial charge in [0.1, 0.15) is 0 Å². The zero-order valence-electron chi connectivity index (χ0n) is 19.7. The predicted molar refractivity (Wildman–Crippen MR) is 122 cm³/mol. The van der Waals surface area contributed by atoms with Crippen molar-refractivity contribution in [3.8, 4) is 0 Å². The number of hydrogen-bond acceptors (Lipinski definition) is 2. The topological polar surface area (TPSA) is 21.1 Å². The molecule has 2 atom stereocenters. The van der Waals surface area contributed by atoms with Crippen LogP contribution in [0.15, 0.2) is 0 Å². The van der Waals surface area contributed by atoms with Gasteiger partial charge in [-0.3, -0.25) is 4.68 Å². The van der Waals surface area contributed by atoms with Crippen LogP contribution in [-0.2, 0) is 7.05 Å². The Balaban J connectivity index is 0.000000640. The molecule has 2 unspecified atom stereocenters. The Morgan fingerprint density at radius 2 is 1.75 bits per heavy atom. The first-order chi connectivity index (χ1) is 13.4. The Hall–Kier alpha value is -1.25. The Morgan fingerprint density at radius 1 is 1.07 bits per heavy atom. The first-order valence-corrected chi connectivity index (χ1v) is 11.9. The van der Waals surface area contributed by atoms with Crippen LogP contribution >= 0.6 is 0 Å². The number of unbranched alkanes of at least 4 members (excludes halogenated alkanes) is 3. The highest BCUT2D eigenvalue weighted by atomic mass is 15.3. The van der Waals surface area contributed by atoms with E-state index in [4.69, 9.17) is 0 Å². The molecule has 0 bridgehead atoms. The van der Waals surface area contributed by atoms with Crippen molar-refractivity contribution in [3.05, 3.63) is 16.3 Å². The fraction of sp³-hybridized carbons (Fsp3) is 0.800. The summed E-state index contributed by atoms with van der Waals surface area (Å²) in [6, 6.07) is 0. The molecule has 1 aromatic rings. The van der Waals surface area contributed by atoms with Gasteiger partial charge in [0, 0.05) is 31.1 Å². The number of fused-ring (bicyclic) bond motifs is 1. The van der Waals surface area contributed by atoms with Gasteiger partial charge in [0.05, 0.1) is 11.0 Å². The van der Waals surface area contributed by atoms with Gasteiger partial charge >= 0.3 is 0 Å². The number of hydrogen-bond donors (Lipinski definition) is 0. The molecule has 1 aromatic heterocycles. The smallest absolute Gasteiger partial charge is 0.0869 e. The molecule has 2 heterocycles. The summed E-state index contributed by atoms with van der Waals surface area (Å²) < 4.78 is 2.10. The third kappa shape index (κ3) is 5.42. The molecule has 1 fully saturated rings. The molecule has 1 aliphatic carbocycles. The zero-order valence-corrected chi connectivity index (χ0v) is 19.7. The molecule has 0 N–H and O–H groups in total. The summed E-state index contributed by atoms with van der Waals surface area (Å²) >= 11 is 0. The number of likely N-dealkylation sites (tertiary alicyclic amines) is 1. The Morgan fingerprint density at radius 3 is 2.36 bits per heavy atom. The highest BCUT2D eigenvalue weighted by Crippen LogP contribution is 2.34. The molecule has 160 valence electrons. The molecule has 28 heavy (non-hydrogen) atoms. The molecule has 0 radical (unpaired) electrons. The quantitative estimate of drug-likeness (QED) is 0.585. The Bertz CT molecular complexity index is 707. The van der Waals surface area contributed by atoms with Gasteiger partial charge in [0.25, 0.3) is 0 Å². The second-order valence-corrected chi connectivity index (χ2v) is 9.16. The van der Waals surface area contributed by atoms with Gasteiger partial charge in [-0.05, 0) is 37.5 Å². The molecular formula is C25H45N3. The van der Waals surface area contributed by atoms with Crippen molar-refractivity contribution < 1.29 is 0 Å². The lowest BCUT2D eigenvalue weighted by Crippen LogP contribution is -2.52. The fourth-order valence-electron chi connectivity index (χ4n) is 4.55. The van der Waals surface area contributed by atoms with E-state index in [9.17, 15) is 0 Å². The minimum Gasteiger partial charge on any atom is -0.372 e. The normalized spacial score (nSPS) is 18.5. The van der Waals surface area contributed by atoms with Crippen molar-refractivity contribution in [2.45, 2.75) is 92.9 Å². The molecule has 3 nitrogen and oxygen atoms in total. The first kappa shape index (κ1) is 23.0. The summed E-state index contributed by atoms with van der Waals surface area (Å²) in [7, 11) is 2.10. The third-order valence-electron chi connectivity index (χ3n) is 6.97. The van der Waals surface area contributed by atoms with Crippen molar-refractivity contribution in [2.24, 2.45) is 24.8 Å². The van der Waals surface area contributed by atoms with Crippen molar-refractivity contribution in [1.29, 1.82) is 0 Å². The van der Waals surface area contributed by atoms with E-state index < -0.39 is 0 Å². The van der Waals surface area contributed by atoms with E-state index in [-0.39, 0.29) is 0 Å². The Kier molecular flexibility index (Phi) is 9.11. The van der Waals surface area contributed by atoms with Crippen LogP contribution < -0.4 is 10.6 Å². The maximum atomic E-state index is 4.65. The molecule has 1 aliphatic heterocycles. The maximum absolute atomic E-state index is 4.65. The van der Waals surface area contributed by atoms with Crippen molar-refractivity contribution in [3.63, 3.8) is 0 Å². The lowest BCUT2D eigenvalue weighted by molar-refractivity contribution is 0.0859. The van der Waals surface area contributed by atoms with Crippen LogP contribution in [-0.4, -0.2) is 27.8 Å². The van der Waals surface area contributed by atoms with Crippen molar-refractivity contribution in [1.82, 2.24) is 14.7 Å². The maximum Gasteiger partial charge on any atom is 0.0869 e. The van der Waals surface area contributed by atoms with E-state index in [1.807, 2.05) is 0 Å². The van der Waals surface area contributed by atoms with Crippen molar-refractivity contribution in [2.75, 3.05) is 13.1 Å². The van der Waals surface area contributed by atoms with Gasteiger partial charge in [-0.2, -0.15) is 5.10 Å². The zero-order chi connectivity index (χ0) is 20.7.